The van der Waals surface area contributed by atoms with E-state index in [1.54, 1.807) is 50.2 Å². The van der Waals surface area contributed by atoms with Crippen LogP contribution in [0.1, 0.15) is 22.5 Å². The van der Waals surface area contributed by atoms with Gasteiger partial charge in [0.1, 0.15) is 12.0 Å². The van der Waals surface area contributed by atoms with Crippen molar-refractivity contribution < 1.29 is 19.0 Å². The molecular weight excluding hydrogens is 414 g/mol. The molecule has 0 saturated carbocycles. The molecule has 0 atom stereocenters. The normalized spacial score (nSPS) is 10.8. The summed E-state index contributed by atoms with van der Waals surface area (Å²) in [5.41, 5.74) is 2.69. The predicted octanol–water partition coefficient (Wildman–Crippen LogP) is 1.90. The van der Waals surface area contributed by atoms with Crippen LogP contribution in [-0.4, -0.2) is 63.6 Å². The van der Waals surface area contributed by atoms with Gasteiger partial charge in [0.05, 0.1) is 27.0 Å². The Bertz CT molecular complexity index is 1210. The first-order chi connectivity index (χ1) is 15.6. The van der Waals surface area contributed by atoms with Gasteiger partial charge in [0.25, 0.3) is 11.7 Å². The number of aryl methyl sites for hydroxylation is 1. The number of carbonyl (C=O) groups excluding carboxylic acids is 1. The van der Waals surface area contributed by atoms with Crippen molar-refractivity contribution in [1.82, 2.24) is 35.1 Å². The molecule has 11 nitrogen and oxygen atoms in total. The van der Waals surface area contributed by atoms with Crippen molar-refractivity contribution in [1.29, 1.82) is 0 Å². The van der Waals surface area contributed by atoms with Crippen molar-refractivity contribution in [3.05, 3.63) is 48.2 Å². The first-order valence-electron chi connectivity index (χ1n) is 9.91. The number of fused-ring (bicyclic) bond motifs is 1. The number of nitrogens with one attached hydrogen (secondary N) is 2. The number of H-pyrrole nitrogens is 1. The van der Waals surface area contributed by atoms with E-state index < -0.39 is 0 Å². The van der Waals surface area contributed by atoms with Crippen molar-refractivity contribution in [2.75, 3.05) is 27.9 Å². The van der Waals surface area contributed by atoms with Crippen LogP contribution in [-0.2, 0) is 6.42 Å². The fraction of sp³-hybridized carbons (Fsp3) is 0.286. The number of aromatic nitrogens is 6. The molecule has 4 rings (SSSR count). The lowest BCUT2D eigenvalue weighted by atomic mass is 10.1. The summed E-state index contributed by atoms with van der Waals surface area (Å²) in [6.07, 6.45) is 6.62. The first kappa shape index (κ1) is 21.1. The molecule has 32 heavy (non-hydrogen) atoms. The highest BCUT2D eigenvalue weighted by Gasteiger charge is 2.17. The number of ether oxygens (including phenoxy) is 3. The minimum absolute atomic E-state index is 0.235. The highest BCUT2D eigenvalue weighted by molar-refractivity contribution is 5.93. The standard InChI is InChI=1S/C21H23N7O4/c1-30-17-7-14(8-18(31-2)19(17)32-3)15-9-16(27-26-15)20(29)22-6-4-5-13-10-23-21-24-12-25-28(21)11-13/h7-12H,4-6H2,1-3H3,(H,22,29)(H,26,27). The van der Waals surface area contributed by atoms with Crippen molar-refractivity contribution in [3.8, 4) is 28.5 Å². The molecular formula is C21H23N7O4. The Morgan fingerprint density at radius 2 is 1.88 bits per heavy atom. The van der Waals surface area contributed by atoms with E-state index in [0.29, 0.717) is 41.0 Å². The zero-order valence-electron chi connectivity index (χ0n) is 18.0. The Hall–Kier alpha value is -4.15. The van der Waals surface area contributed by atoms with Crippen LogP contribution >= 0.6 is 0 Å². The molecule has 0 unspecified atom stereocenters. The van der Waals surface area contributed by atoms with E-state index in [2.05, 4.69) is 30.6 Å². The molecule has 4 aromatic rings. The van der Waals surface area contributed by atoms with Crippen molar-refractivity contribution >= 4 is 11.7 Å². The van der Waals surface area contributed by atoms with Crippen LogP contribution in [0.15, 0.2) is 36.9 Å². The number of methoxy groups -OCH3 is 3. The number of aromatic amines is 1. The molecule has 0 aliphatic heterocycles. The second kappa shape index (κ2) is 9.33. The van der Waals surface area contributed by atoms with Crippen LogP contribution in [0.25, 0.3) is 17.0 Å². The van der Waals surface area contributed by atoms with Crippen LogP contribution in [0, 0.1) is 0 Å². The van der Waals surface area contributed by atoms with Gasteiger partial charge in [-0.2, -0.15) is 15.2 Å². The summed E-state index contributed by atoms with van der Waals surface area (Å²) in [6.45, 7) is 0.507. The van der Waals surface area contributed by atoms with Crippen molar-refractivity contribution in [2.45, 2.75) is 12.8 Å². The number of rotatable bonds is 9. The summed E-state index contributed by atoms with van der Waals surface area (Å²) in [7, 11) is 4.63. The second-order valence-electron chi connectivity index (χ2n) is 6.91. The van der Waals surface area contributed by atoms with Crippen LogP contribution in [0.2, 0.25) is 0 Å². The lowest BCUT2D eigenvalue weighted by molar-refractivity contribution is 0.0948. The van der Waals surface area contributed by atoms with Gasteiger partial charge in [0.2, 0.25) is 5.75 Å². The SMILES string of the molecule is COc1cc(-c2cc(C(=O)NCCCc3cnc4ncnn4c3)[nH]n2)cc(OC)c1OC. The highest BCUT2D eigenvalue weighted by atomic mass is 16.5. The van der Waals surface area contributed by atoms with Gasteiger partial charge in [0.15, 0.2) is 11.5 Å². The van der Waals surface area contributed by atoms with Gasteiger partial charge < -0.3 is 19.5 Å². The molecule has 3 heterocycles. The summed E-state index contributed by atoms with van der Waals surface area (Å²) in [5.74, 6) is 1.83. The second-order valence-corrected chi connectivity index (χ2v) is 6.91. The monoisotopic (exact) mass is 437 g/mol. The van der Waals surface area contributed by atoms with Gasteiger partial charge in [-0.1, -0.05) is 0 Å². The topological polar surface area (TPSA) is 129 Å². The Morgan fingerprint density at radius 3 is 2.59 bits per heavy atom. The van der Waals surface area contributed by atoms with E-state index in [1.807, 2.05) is 6.20 Å². The van der Waals surface area contributed by atoms with Gasteiger partial charge in [0, 0.05) is 24.5 Å². The van der Waals surface area contributed by atoms with E-state index >= 15 is 0 Å². The third-order valence-corrected chi connectivity index (χ3v) is 4.90. The van der Waals surface area contributed by atoms with Gasteiger partial charge in [-0.25, -0.2) is 9.50 Å². The number of amides is 1. The highest BCUT2D eigenvalue weighted by Crippen LogP contribution is 2.40. The van der Waals surface area contributed by atoms with Gasteiger partial charge in [-0.05, 0) is 36.6 Å². The summed E-state index contributed by atoms with van der Waals surface area (Å²) in [6, 6.07) is 5.23. The Labute approximate surface area is 183 Å². The third kappa shape index (κ3) is 4.31. The predicted molar refractivity (Wildman–Crippen MR) is 115 cm³/mol. The molecule has 0 aliphatic rings. The smallest absolute Gasteiger partial charge is 0.269 e. The van der Waals surface area contributed by atoms with E-state index in [1.165, 1.54) is 6.33 Å². The summed E-state index contributed by atoms with van der Waals surface area (Å²) in [4.78, 5) is 20.8. The number of hydrogen-bond donors (Lipinski definition) is 2. The Kier molecular flexibility index (Phi) is 6.15. The maximum atomic E-state index is 12.5. The molecule has 0 radical (unpaired) electrons. The van der Waals surface area contributed by atoms with Crippen molar-refractivity contribution in [3.63, 3.8) is 0 Å². The van der Waals surface area contributed by atoms with E-state index in [-0.39, 0.29) is 5.91 Å². The van der Waals surface area contributed by atoms with Gasteiger partial charge >= 0.3 is 0 Å². The fourth-order valence-electron chi connectivity index (χ4n) is 3.29. The molecule has 0 fully saturated rings. The molecule has 166 valence electrons. The number of carbonyl (C=O) groups is 1. The minimum atomic E-state index is -0.235. The number of benzene rings is 1. The van der Waals surface area contributed by atoms with Crippen LogP contribution in [0.4, 0.5) is 0 Å². The first-order valence-corrected chi connectivity index (χ1v) is 9.91. The maximum Gasteiger partial charge on any atom is 0.269 e. The van der Waals surface area contributed by atoms with Crippen LogP contribution in [0.5, 0.6) is 17.2 Å². The molecule has 0 aliphatic carbocycles. The van der Waals surface area contributed by atoms with E-state index in [0.717, 1.165) is 24.0 Å². The number of nitrogens with zero attached hydrogens (tertiary/aromatic N) is 5. The lowest BCUT2D eigenvalue weighted by Gasteiger charge is -2.13. The summed E-state index contributed by atoms with van der Waals surface area (Å²) < 4.78 is 17.7. The summed E-state index contributed by atoms with van der Waals surface area (Å²) in [5, 5.41) is 14.0. The lowest BCUT2D eigenvalue weighted by Crippen LogP contribution is -2.25. The fourth-order valence-corrected chi connectivity index (χ4v) is 3.29. The zero-order chi connectivity index (χ0) is 22.5. The van der Waals surface area contributed by atoms with E-state index in [4.69, 9.17) is 14.2 Å². The Morgan fingerprint density at radius 1 is 1.09 bits per heavy atom. The van der Waals surface area contributed by atoms with Gasteiger partial charge in [-0.3, -0.25) is 9.89 Å². The van der Waals surface area contributed by atoms with Crippen LogP contribution < -0.4 is 19.5 Å². The van der Waals surface area contributed by atoms with Gasteiger partial charge in [-0.15, -0.1) is 0 Å². The molecule has 0 bridgehead atoms. The maximum absolute atomic E-state index is 12.5. The third-order valence-electron chi connectivity index (χ3n) is 4.90. The molecule has 1 aromatic carbocycles. The minimum Gasteiger partial charge on any atom is -0.493 e. The molecule has 2 N–H and O–H groups in total. The van der Waals surface area contributed by atoms with Crippen LogP contribution in [0.3, 0.4) is 0 Å². The number of hydrogen-bond acceptors (Lipinski definition) is 8. The summed E-state index contributed by atoms with van der Waals surface area (Å²) >= 11 is 0. The Balaban J connectivity index is 1.37. The molecule has 3 aromatic heterocycles. The van der Waals surface area contributed by atoms with Crippen molar-refractivity contribution in [2.24, 2.45) is 0 Å². The quantitative estimate of drug-likeness (QED) is 0.380. The molecule has 0 saturated heterocycles. The van der Waals surface area contributed by atoms with E-state index in [9.17, 15) is 4.79 Å². The molecule has 0 spiro atoms. The average Bonchev–Trinajstić information content (AvgIpc) is 3.50. The molecule has 1 amide bonds. The average molecular weight is 437 g/mol. The largest absolute Gasteiger partial charge is 0.493 e. The zero-order valence-corrected chi connectivity index (χ0v) is 18.0. The molecule has 11 heteroatoms.